The monoisotopic (exact) mass is 276 g/mol. The van der Waals surface area contributed by atoms with Gasteiger partial charge >= 0.3 is 0 Å². The van der Waals surface area contributed by atoms with Crippen LogP contribution in [0.5, 0.6) is 0 Å². The molecule has 0 fully saturated rings. The lowest BCUT2D eigenvalue weighted by Crippen LogP contribution is -2.30. The van der Waals surface area contributed by atoms with Crippen molar-refractivity contribution in [3.63, 3.8) is 0 Å². The second-order valence-corrected chi connectivity index (χ2v) is 5.74. The minimum absolute atomic E-state index is 0.476. The molecule has 5 heteroatoms. The second-order valence-electron chi connectivity index (χ2n) is 4.70. The van der Waals surface area contributed by atoms with Crippen molar-refractivity contribution in [2.75, 3.05) is 12.5 Å². The van der Waals surface area contributed by atoms with Crippen LogP contribution in [0.1, 0.15) is 17.4 Å². The highest BCUT2D eigenvalue weighted by Gasteiger charge is 2.13. The van der Waals surface area contributed by atoms with Crippen molar-refractivity contribution in [2.24, 2.45) is 5.84 Å². The highest BCUT2D eigenvalue weighted by Crippen LogP contribution is 2.17. The lowest BCUT2D eigenvalue weighted by Gasteiger charge is -2.25. The minimum atomic E-state index is 0.476. The van der Waals surface area contributed by atoms with Crippen molar-refractivity contribution in [1.82, 2.24) is 9.88 Å². The number of hydrogen-bond acceptors (Lipinski definition) is 5. The number of nitrogens with two attached hydrogens (primary N) is 1. The molecule has 2 rings (SSSR count). The van der Waals surface area contributed by atoms with Gasteiger partial charge in [0.1, 0.15) is 5.82 Å². The number of hydrazine groups is 1. The Labute approximate surface area is 118 Å². The molecule has 102 valence electrons. The largest absolute Gasteiger partial charge is 0.308 e. The number of thiophene rings is 1. The van der Waals surface area contributed by atoms with Crippen molar-refractivity contribution in [3.8, 4) is 0 Å². The third kappa shape index (κ3) is 3.76. The van der Waals surface area contributed by atoms with E-state index in [1.54, 1.807) is 6.20 Å². The van der Waals surface area contributed by atoms with Crippen LogP contribution in [-0.2, 0) is 13.0 Å². The second kappa shape index (κ2) is 6.65. The molecule has 0 aliphatic rings. The van der Waals surface area contributed by atoms with Crippen molar-refractivity contribution in [1.29, 1.82) is 0 Å². The summed E-state index contributed by atoms with van der Waals surface area (Å²) in [5.41, 5.74) is 3.77. The number of anilines is 1. The summed E-state index contributed by atoms with van der Waals surface area (Å²) in [6.45, 7) is 3.07. The molecule has 0 aliphatic heterocycles. The van der Waals surface area contributed by atoms with Crippen molar-refractivity contribution >= 4 is 17.2 Å². The number of pyridine rings is 1. The fourth-order valence-electron chi connectivity index (χ4n) is 2.00. The summed E-state index contributed by atoms with van der Waals surface area (Å²) in [6.07, 6.45) is 2.81. The Morgan fingerprint density at radius 3 is 2.95 bits per heavy atom. The summed E-state index contributed by atoms with van der Waals surface area (Å²) in [5.74, 6) is 6.23. The smallest absolute Gasteiger partial charge is 0.144 e. The maximum atomic E-state index is 5.48. The molecule has 2 aromatic heterocycles. The molecule has 2 aromatic rings. The van der Waals surface area contributed by atoms with Gasteiger partial charge in [0.05, 0.1) is 0 Å². The van der Waals surface area contributed by atoms with Gasteiger partial charge in [-0.15, -0.1) is 11.3 Å². The predicted molar refractivity (Wildman–Crippen MR) is 81.0 cm³/mol. The summed E-state index contributed by atoms with van der Waals surface area (Å²) in [4.78, 5) is 7.96. The molecule has 4 nitrogen and oxygen atoms in total. The number of nitrogens with zero attached hydrogens (tertiary/aromatic N) is 2. The zero-order valence-electron chi connectivity index (χ0n) is 11.3. The van der Waals surface area contributed by atoms with Gasteiger partial charge in [-0.05, 0) is 37.9 Å². The van der Waals surface area contributed by atoms with E-state index in [0.29, 0.717) is 6.04 Å². The van der Waals surface area contributed by atoms with Crippen molar-refractivity contribution < 1.29 is 0 Å². The molecule has 19 heavy (non-hydrogen) atoms. The Kier molecular flexibility index (Phi) is 4.90. The number of nitrogen functional groups attached to an aromatic ring is 1. The summed E-state index contributed by atoms with van der Waals surface area (Å²) >= 11 is 1.81. The fourth-order valence-corrected chi connectivity index (χ4v) is 2.82. The molecule has 1 unspecified atom stereocenters. The Morgan fingerprint density at radius 2 is 2.26 bits per heavy atom. The maximum Gasteiger partial charge on any atom is 0.144 e. The van der Waals surface area contributed by atoms with Crippen LogP contribution in [0.2, 0.25) is 0 Å². The number of nitrogens with one attached hydrogen (secondary N) is 1. The molecule has 0 saturated heterocycles. The van der Waals surface area contributed by atoms with Crippen LogP contribution in [0.4, 0.5) is 5.82 Å². The standard InChI is InChI=1S/C14H20N4S/c1-11(9-13-6-4-8-19-13)18(2)10-12-5-3-7-16-14(12)17-15/h3-8,11H,9-10,15H2,1-2H3,(H,16,17). The van der Waals surface area contributed by atoms with Crippen LogP contribution in [0.3, 0.4) is 0 Å². The van der Waals surface area contributed by atoms with E-state index in [9.17, 15) is 0 Å². The molecule has 2 heterocycles. The molecule has 1 atom stereocenters. The highest BCUT2D eigenvalue weighted by molar-refractivity contribution is 7.09. The summed E-state index contributed by atoms with van der Waals surface area (Å²) in [5, 5.41) is 2.12. The molecule has 0 aliphatic carbocycles. The van der Waals surface area contributed by atoms with Gasteiger partial charge in [-0.1, -0.05) is 12.1 Å². The van der Waals surface area contributed by atoms with E-state index >= 15 is 0 Å². The molecule has 0 radical (unpaired) electrons. The fraction of sp³-hybridized carbons (Fsp3) is 0.357. The van der Waals surface area contributed by atoms with Crippen LogP contribution in [0.25, 0.3) is 0 Å². The Morgan fingerprint density at radius 1 is 1.42 bits per heavy atom. The summed E-state index contributed by atoms with van der Waals surface area (Å²) in [6, 6.07) is 8.75. The van der Waals surface area contributed by atoms with Gasteiger partial charge in [0.25, 0.3) is 0 Å². The number of aromatic nitrogens is 1. The van der Waals surface area contributed by atoms with Gasteiger partial charge in [-0.3, -0.25) is 4.90 Å². The van der Waals surface area contributed by atoms with Crippen LogP contribution >= 0.6 is 11.3 Å². The van der Waals surface area contributed by atoms with E-state index in [1.165, 1.54) is 4.88 Å². The van der Waals surface area contributed by atoms with Crippen LogP contribution in [-0.4, -0.2) is 23.0 Å². The third-order valence-electron chi connectivity index (χ3n) is 3.28. The van der Waals surface area contributed by atoms with E-state index in [1.807, 2.05) is 17.4 Å². The first kappa shape index (κ1) is 14.0. The SMILES string of the molecule is CC(Cc1cccs1)N(C)Cc1cccnc1NN. The van der Waals surface area contributed by atoms with Crippen molar-refractivity contribution in [2.45, 2.75) is 25.9 Å². The van der Waals surface area contributed by atoms with E-state index in [2.05, 4.69) is 52.9 Å². The molecule has 0 bridgehead atoms. The Balaban J connectivity index is 1.98. The van der Waals surface area contributed by atoms with E-state index < -0.39 is 0 Å². The quantitative estimate of drug-likeness (QED) is 0.629. The zero-order chi connectivity index (χ0) is 13.7. The molecular formula is C14H20N4S. The normalized spacial score (nSPS) is 12.6. The number of likely N-dealkylation sites (N-methyl/N-ethyl adjacent to an activating group) is 1. The molecule has 3 N–H and O–H groups in total. The van der Waals surface area contributed by atoms with E-state index in [-0.39, 0.29) is 0 Å². The predicted octanol–water partition coefficient (Wildman–Crippen LogP) is 2.49. The van der Waals surface area contributed by atoms with Gasteiger partial charge in [-0.2, -0.15) is 0 Å². The molecule has 0 amide bonds. The van der Waals surface area contributed by atoms with Gasteiger partial charge in [0.2, 0.25) is 0 Å². The first-order valence-corrected chi connectivity index (χ1v) is 7.21. The molecule has 0 spiro atoms. The highest BCUT2D eigenvalue weighted by atomic mass is 32.1. The lowest BCUT2D eigenvalue weighted by atomic mass is 10.1. The average Bonchev–Trinajstić information content (AvgIpc) is 2.92. The topological polar surface area (TPSA) is 54.2 Å². The van der Waals surface area contributed by atoms with Crippen LogP contribution < -0.4 is 11.3 Å². The van der Waals surface area contributed by atoms with Gasteiger partial charge < -0.3 is 5.43 Å². The minimum Gasteiger partial charge on any atom is -0.308 e. The molecule has 0 saturated carbocycles. The van der Waals surface area contributed by atoms with E-state index in [4.69, 9.17) is 5.84 Å². The number of rotatable bonds is 6. The van der Waals surface area contributed by atoms with Gasteiger partial charge in [0, 0.05) is 29.2 Å². The number of hydrogen-bond donors (Lipinski definition) is 2. The van der Waals surface area contributed by atoms with Crippen LogP contribution in [0.15, 0.2) is 35.8 Å². The first-order chi connectivity index (χ1) is 9.20. The van der Waals surface area contributed by atoms with E-state index in [0.717, 1.165) is 24.3 Å². The Bertz CT molecular complexity index is 498. The average molecular weight is 276 g/mol. The third-order valence-corrected chi connectivity index (χ3v) is 4.18. The lowest BCUT2D eigenvalue weighted by molar-refractivity contribution is 0.249. The molecular weight excluding hydrogens is 256 g/mol. The summed E-state index contributed by atoms with van der Waals surface area (Å²) in [7, 11) is 2.13. The maximum absolute atomic E-state index is 5.48. The first-order valence-electron chi connectivity index (χ1n) is 6.34. The summed E-state index contributed by atoms with van der Waals surface area (Å²) < 4.78 is 0. The molecule has 0 aromatic carbocycles. The van der Waals surface area contributed by atoms with Crippen LogP contribution in [0, 0.1) is 0 Å². The van der Waals surface area contributed by atoms with Crippen molar-refractivity contribution in [3.05, 3.63) is 46.3 Å². The van der Waals surface area contributed by atoms with Gasteiger partial charge in [0.15, 0.2) is 0 Å². The van der Waals surface area contributed by atoms with Gasteiger partial charge in [-0.25, -0.2) is 10.8 Å². The zero-order valence-corrected chi connectivity index (χ0v) is 12.2. The Hall–Kier alpha value is -1.43.